The van der Waals surface area contributed by atoms with E-state index < -0.39 is 12.2 Å². The average molecular weight is 360 g/mol. The molecule has 3 atom stereocenters. The molecule has 26 heavy (non-hydrogen) atoms. The maximum Gasteiger partial charge on any atom is 0.309 e. The largest absolute Gasteiger partial charge is 0.449 e. The lowest BCUT2D eigenvalue weighted by Crippen LogP contribution is -2.28. The summed E-state index contributed by atoms with van der Waals surface area (Å²) in [6.07, 6.45) is 1.79. The second-order valence-corrected chi connectivity index (χ2v) is 7.10. The van der Waals surface area contributed by atoms with Crippen LogP contribution in [0.4, 0.5) is 0 Å². The van der Waals surface area contributed by atoms with E-state index in [9.17, 15) is 19.5 Å². The van der Waals surface area contributed by atoms with Crippen LogP contribution in [0.3, 0.4) is 0 Å². The number of fused-ring (bicyclic) bond motifs is 1. The summed E-state index contributed by atoms with van der Waals surface area (Å²) in [5, 5.41) is 9.98. The molecule has 0 amide bonds. The van der Waals surface area contributed by atoms with Crippen molar-refractivity contribution >= 4 is 17.5 Å². The van der Waals surface area contributed by atoms with Crippen LogP contribution in [0, 0.1) is 5.92 Å². The molecule has 1 aromatic rings. The number of hydrogen-bond acceptors (Lipinski definition) is 5. The summed E-state index contributed by atoms with van der Waals surface area (Å²) in [7, 11) is 0. The lowest BCUT2D eigenvalue weighted by Gasteiger charge is -2.25. The maximum atomic E-state index is 12.8. The van der Waals surface area contributed by atoms with Gasteiger partial charge in [0.15, 0.2) is 11.9 Å². The Bertz CT molecular complexity index is 652. The first-order valence-electron chi connectivity index (χ1n) is 9.40. The van der Waals surface area contributed by atoms with E-state index in [1.54, 1.807) is 0 Å². The first-order valence-corrected chi connectivity index (χ1v) is 9.40. The zero-order chi connectivity index (χ0) is 19.1. The molecule has 1 heterocycles. The van der Waals surface area contributed by atoms with Gasteiger partial charge in [-0.15, -0.1) is 0 Å². The monoisotopic (exact) mass is 360 g/mol. The number of ketones is 2. The Morgan fingerprint density at radius 2 is 1.96 bits per heavy atom. The fourth-order valence-electron chi connectivity index (χ4n) is 3.47. The van der Waals surface area contributed by atoms with E-state index in [0.29, 0.717) is 12.0 Å². The molecule has 0 fully saturated rings. The topological polar surface area (TPSA) is 80.7 Å². The molecule has 1 aromatic carbocycles. The summed E-state index contributed by atoms with van der Waals surface area (Å²) in [5.74, 6) is -1.11. The van der Waals surface area contributed by atoms with Gasteiger partial charge in [0.1, 0.15) is 5.78 Å². The third kappa shape index (κ3) is 5.49. The Hall–Kier alpha value is -2.01. The standard InChI is InChI=1S/C21H28O5/c1-3-15-8-4-5-9-16-10-6-7-11-18(16)20(26-21(15)25)19(24)13-17(23)12-14(2)22/h6-7,10-11,15,17,20,23H,3-5,8-9,12-13H2,1-2H3/t15-,17+,20+/m1/s1. The Morgan fingerprint density at radius 3 is 2.65 bits per heavy atom. The van der Waals surface area contributed by atoms with Crippen LogP contribution in [-0.4, -0.2) is 28.7 Å². The molecule has 5 nitrogen and oxygen atoms in total. The van der Waals surface area contributed by atoms with Crippen molar-refractivity contribution in [3.8, 4) is 0 Å². The number of benzene rings is 1. The lowest BCUT2D eigenvalue weighted by molar-refractivity contribution is -0.161. The molecule has 0 unspecified atom stereocenters. The van der Waals surface area contributed by atoms with E-state index >= 15 is 0 Å². The molecule has 0 aromatic heterocycles. The van der Waals surface area contributed by atoms with Gasteiger partial charge in [0.05, 0.1) is 12.0 Å². The molecular weight excluding hydrogens is 332 g/mol. The molecule has 0 bridgehead atoms. The third-order valence-corrected chi connectivity index (χ3v) is 4.90. The Balaban J connectivity index is 2.30. The van der Waals surface area contributed by atoms with E-state index in [4.69, 9.17) is 4.74 Å². The minimum Gasteiger partial charge on any atom is -0.449 e. The van der Waals surface area contributed by atoms with Crippen molar-refractivity contribution in [1.82, 2.24) is 0 Å². The first-order chi connectivity index (χ1) is 12.4. The number of carbonyl (C=O) groups is 3. The predicted octanol–water partition coefficient (Wildman–Crippen LogP) is 3.32. The quantitative estimate of drug-likeness (QED) is 0.787. The van der Waals surface area contributed by atoms with Crippen molar-refractivity contribution in [1.29, 1.82) is 0 Å². The van der Waals surface area contributed by atoms with Crippen LogP contribution < -0.4 is 0 Å². The average Bonchev–Trinajstić information content (AvgIpc) is 2.59. The highest BCUT2D eigenvalue weighted by Gasteiger charge is 2.31. The van der Waals surface area contributed by atoms with E-state index in [-0.39, 0.29) is 36.3 Å². The highest BCUT2D eigenvalue weighted by molar-refractivity contribution is 5.88. The molecule has 1 N–H and O–H groups in total. The summed E-state index contributed by atoms with van der Waals surface area (Å²) < 4.78 is 5.64. The number of aliphatic hydroxyl groups is 1. The van der Waals surface area contributed by atoms with Crippen molar-refractivity contribution in [2.75, 3.05) is 0 Å². The summed E-state index contributed by atoms with van der Waals surface area (Å²) in [4.78, 5) is 36.5. The van der Waals surface area contributed by atoms with Crippen LogP contribution in [0.25, 0.3) is 0 Å². The summed E-state index contributed by atoms with van der Waals surface area (Å²) >= 11 is 0. The van der Waals surface area contributed by atoms with Crippen LogP contribution >= 0.6 is 0 Å². The van der Waals surface area contributed by atoms with Crippen molar-refractivity contribution in [2.45, 2.75) is 71.0 Å². The SMILES string of the molecule is CC[C@@H]1CCCCc2ccccc2[C@@H](C(=O)C[C@@H](O)CC(C)=O)OC1=O. The van der Waals surface area contributed by atoms with Gasteiger partial charge >= 0.3 is 5.97 Å². The smallest absolute Gasteiger partial charge is 0.309 e. The van der Waals surface area contributed by atoms with Crippen molar-refractivity contribution in [3.63, 3.8) is 0 Å². The molecule has 0 saturated carbocycles. The van der Waals surface area contributed by atoms with Gasteiger partial charge in [0, 0.05) is 18.4 Å². The van der Waals surface area contributed by atoms with Crippen LogP contribution in [-0.2, 0) is 25.5 Å². The number of aryl methyl sites for hydroxylation is 1. The molecule has 0 aliphatic carbocycles. The molecule has 1 aliphatic rings. The Labute approximate surface area is 154 Å². The summed E-state index contributed by atoms with van der Waals surface area (Å²) in [5.41, 5.74) is 1.69. The van der Waals surface area contributed by atoms with Crippen LogP contribution in [0.2, 0.25) is 0 Å². The van der Waals surface area contributed by atoms with E-state index in [1.165, 1.54) is 6.92 Å². The fourth-order valence-corrected chi connectivity index (χ4v) is 3.47. The minimum absolute atomic E-state index is 0.0777. The molecule has 2 rings (SSSR count). The van der Waals surface area contributed by atoms with Gasteiger partial charge in [-0.2, -0.15) is 0 Å². The Kier molecular flexibility index (Phi) is 7.51. The number of rotatable bonds is 6. The molecule has 1 aliphatic heterocycles. The van der Waals surface area contributed by atoms with Gasteiger partial charge < -0.3 is 9.84 Å². The second-order valence-electron chi connectivity index (χ2n) is 7.10. The van der Waals surface area contributed by atoms with Gasteiger partial charge in [-0.05, 0) is 38.2 Å². The van der Waals surface area contributed by atoms with Crippen LogP contribution in [0.15, 0.2) is 24.3 Å². The van der Waals surface area contributed by atoms with E-state index in [2.05, 4.69) is 0 Å². The van der Waals surface area contributed by atoms with E-state index in [1.807, 2.05) is 31.2 Å². The zero-order valence-corrected chi connectivity index (χ0v) is 15.6. The second kappa shape index (κ2) is 9.62. The van der Waals surface area contributed by atoms with Gasteiger partial charge in [0.2, 0.25) is 0 Å². The molecule has 0 radical (unpaired) electrons. The van der Waals surface area contributed by atoms with Crippen molar-refractivity contribution in [2.24, 2.45) is 5.92 Å². The number of ether oxygens (including phenoxy) is 1. The normalized spacial score (nSPS) is 22.0. The molecule has 0 spiro atoms. The number of carbonyl (C=O) groups excluding carboxylic acids is 3. The first kappa shape index (κ1) is 20.3. The van der Waals surface area contributed by atoms with Gasteiger partial charge in [-0.3, -0.25) is 14.4 Å². The number of aliphatic hydroxyl groups excluding tert-OH is 1. The highest BCUT2D eigenvalue weighted by atomic mass is 16.5. The van der Waals surface area contributed by atoms with Crippen molar-refractivity contribution < 1.29 is 24.2 Å². The molecule has 5 heteroatoms. The number of Topliss-reactive ketones (excluding diaryl/α,β-unsaturated/α-hetero) is 2. The number of hydrogen-bond donors (Lipinski definition) is 1. The third-order valence-electron chi connectivity index (χ3n) is 4.90. The molecule has 142 valence electrons. The highest BCUT2D eigenvalue weighted by Crippen LogP contribution is 2.30. The van der Waals surface area contributed by atoms with Crippen LogP contribution in [0.1, 0.15) is 69.6 Å². The van der Waals surface area contributed by atoms with Crippen LogP contribution in [0.5, 0.6) is 0 Å². The summed E-state index contributed by atoms with van der Waals surface area (Å²) in [6.45, 7) is 3.32. The lowest BCUT2D eigenvalue weighted by atomic mass is 9.90. The molecular formula is C21H28O5. The van der Waals surface area contributed by atoms with Gasteiger partial charge in [-0.25, -0.2) is 0 Å². The summed E-state index contributed by atoms with van der Waals surface area (Å²) in [6, 6.07) is 7.49. The Morgan fingerprint density at radius 1 is 1.23 bits per heavy atom. The molecule has 0 saturated heterocycles. The number of esters is 1. The maximum absolute atomic E-state index is 12.8. The zero-order valence-electron chi connectivity index (χ0n) is 15.6. The number of cyclic esters (lactones) is 1. The van der Waals surface area contributed by atoms with E-state index in [0.717, 1.165) is 31.2 Å². The van der Waals surface area contributed by atoms with Crippen molar-refractivity contribution in [3.05, 3.63) is 35.4 Å². The predicted molar refractivity (Wildman–Crippen MR) is 97.5 cm³/mol. The minimum atomic E-state index is -1.05. The van der Waals surface area contributed by atoms with Gasteiger partial charge in [0.25, 0.3) is 0 Å². The van der Waals surface area contributed by atoms with Gasteiger partial charge in [-0.1, -0.05) is 37.6 Å². The fraction of sp³-hybridized carbons (Fsp3) is 0.571.